The van der Waals surface area contributed by atoms with Crippen LogP contribution >= 0.6 is 0 Å². The lowest BCUT2D eigenvalue weighted by atomic mass is 10.1. The molecule has 0 aliphatic carbocycles. The Labute approximate surface area is 139 Å². The van der Waals surface area contributed by atoms with E-state index in [1.54, 1.807) is 7.05 Å². The lowest BCUT2D eigenvalue weighted by Gasteiger charge is -2.03. The maximum atomic E-state index is 12.0. The van der Waals surface area contributed by atoms with Crippen molar-refractivity contribution in [2.24, 2.45) is 14.1 Å². The predicted octanol–water partition coefficient (Wildman–Crippen LogP) is 3.09. The summed E-state index contributed by atoms with van der Waals surface area (Å²) in [5.41, 5.74) is 4.72. The number of hydrogen-bond donors (Lipinski definition) is 1. The van der Waals surface area contributed by atoms with Crippen molar-refractivity contribution in [3.63, 3.8) is 0 Å². The van der Waals surface area contributed by atoms with Crippen LogP contribution in [-0.2, 0) is 14.1 Å². The quantitative estimate of drug-likeness (QED) is 0.617. The highest BCUT2D eigenvalue weighted by molar-refractivity contribution is 6.02. The minimum Gasteiger partial charge on any atom is -0.355 e. The third kappa shape index (κ3) is 2.01. The number of aryl methyl sites for hydroxylation is 2. The van der Waals surface area contributed by atoms with Gasteiger partial charge >= 0.3 is 0 Å². The molecule has 0 bridgehead atoms. The van der Waals surface area contributed by atoms with Gasteiger partial charge < -0.3 is 9.88 Å². The maximum Gasteiger partial charge on any atom is 0.251 e. The van der Waals surface area contributed by atoms with E-state index in [1.807, 2.05) is 49.1 Å². The number of benzene rings is 2. The van der Waals surface area contributed by atoms with Gasteiger partial charge in [0, 0.05) is 43.0 Å². The van der Waals surface area contributed by atoms with Crippen LogP contribution in [0.3, 0.4) is 0 Å². The molecule has 0 aliphatic heterocycles. The number of hydrogen-bond acceptors (Lipinski definition) is 2. The Morgan fingerprint density at radius 2 is 1.83 bits per heavy atom. The number of amides is 1. The van der Waals surface area contributed by atoms with Crippen LogP contribution in [0, 0.1) is 0 Å². The molecule has 0 saturated heterocycles. The van der Waals surface area contributed by atoms with Crippen molar-refractivity contribution in [3.8, 4) is 11.4 Å². The summed E-state index contributed by atoms with van der Waals surface area (Å²) in [6.45, 7) is 0. The molecule has 0 saturated carbocycles. The van der Waals surface area contributed by atoms with Crippen molar-refractivity contribution < 1.29 is 4.79 Å². The monoisotopic (exact) mass is 318 g/mol. The standard InChI is InChI=1S/C19H18N4O/c1-20-19(24)13-8-9-16-14(10-13)18(21-23(16)3)17-11-12-6-4-5-7-15(12)22(17)2/h4-11H,1-3H3,(H,20,24). The fourth-order valence-electron chi connectivity index (χ4n) is 3.26. The molecule has 5 heteroatoms. The molecule has 1 amide bonds. The summed E-state index contributed by atoms with van der Waals surface area (Å²) in [5.74, 6) is -0.0938. The van der Waals surface area contributed by atoms with E-state index in [1.165, 1.54) is 5.39 Å². The first-order chi connectivity index (χ1) is 11.6. The van der Waals surface area contributed by atoms with Gasteiger partial charge in [0.05, 0.1) is 11.2 Å². The highest BCUT2D eigenvalue weighted by atomic mass is 16.1. The maximum absolute atomic E-state index is 12.0. The first kappa shape index (κ1) is 14.5. The molecule has 0 unspecified atom stereocenters. The zero-order valence-electron chi connectivity index (χ0n) is 13.9. The van der Waals surface area contributed by atoms with Crippen molar-refractivity contribution in [1.29, 1.82) is 0 Å². The molecule has 4 aromatic rings. The molecule has 120 valence electrons. The molecule has 4 rings (SSSR count). The van der Waals surface area contributed by atoms with Gasteiger partial charge in [-0.3, -0.25) is 9.48 Å². The second kappa shape index (κ2) is 5.23. The molecule has 0 atom stereocenters. The number of carbonyl (C=O) groups is 1. The average Bonchev–Trinajstić information content (AvgIpc) is 3.12. The van der Waals surface area contributed by atoms with Gasteiger partial charge in [-0.2, -0.15) is 5.10 Å². The smallest absolute Gasteiger partial charge is 0.251 e. The molecule has 1 N–H and O–H groups in total. The molecule has 2 aromatic carbocycles. The normalized spacial score (nSPS) is 11.3. The van der Waals surface area contributed by atoms with Crippen LogP contribution in [-0.4, -0.2) is 27.3 Å². The average molecular weight is 318 g/mol. The number of nitrogens with one attached hydrogen (secondary N) is 1. The molecular formula is C19H18N4O. The summed E-state index contributed by atoms with van der Waals surface area (Å²) in [6.07, 6.45) is 0. The molecule has 0 aliphatic rings. The Morgan fingerprint density at radius 1 is 1.04 bits per heavy atom. The fraction of sp³-hybridized carbons (Fsp3) is 0.158. The van der Waals surface area contributed by atoms with Crippen molar-refractivity contribution in [3.05, 3.63) is 54.1 Å². The third-order valence-electron chi connectivity index (χ3n) is 4.53. The summed E-state index contributed by atoms with van der Waals surface area (Å²) in [4.78, 5) is 12.0. The number of nitrogens with zero attached hydrogens (tertiary/aromatic N) is 3. The van der Waals surface area contributed by atoms with E-state index in [2.05, 4.69) is 28.1 Å². The molecule has 24 heavy (non-hydrogen) atoms. The highest BCUT2D eigenvalue weighted by Gasteiger charge is 2.17. The minimum absolute atomic E-state index is 0.0938. The van der Waals surface area contributed by atoms with Crippen molar-refractivity contribution in [2.75, 3.05) is 7.05 Å². The van der Waals surface area contributed by atoms with Crippen LogP contribution in [0.5, 0.6) is 0 Å². The van der Waals surface area contributed by atoms with Crippen LogP contribution in [0.15, 0.2) is 48.5 Å². The Hall–Kier alpha value is -3.08. The topological polar surface area (TPSA) is 51.9 Å². The van der Waals surface area contributed by atoms with Gasteiger partial charge in [0.25, 0.3) is 5.91 Å². The lowest BCUT2D eigenvalue weighted by Crippen LogP contribution is -2.17. The largest absolute Gasteiger partial charge is 0.355 e. The summed E-state index contributed by atoms with van der Waals surface area (Å²) >= 11 is 0. The number of aromatic nitrogens is 3. The van der Waals surface area contributed by atoms with Gasteiger partial charge in [0.1, 0.15) is 5.69 Å². The van der Waals surface area contributed by atoms with Gasteiger partial charge in [-0.25, -0.2) is 0 Å². The van der Waals surface area contributed by atoms with Gasteiger partial charge in [0.2, 0.25) is 0 Å². The molecule has 5 nitrogen and oxygen atoms in total. The molecule has 0 fully saturated rings. The van der Waals surface area contributed by atoms with Gasteiger partial charge in [-0.1, -0.05) is 18.2 Å². The Bertz CT molecular complexity index is 1090. The second-order valence-corrected chi connectivity index (χ2v) is 5.93. The third-order valence-corrected chi connectivity index (χ3v) is 4.53. The van der Waals surface area contributed by atoms with Crippen LogP contribution in [0.1, 0.15) is 10.4 Å². The Morgan fingerprint density at radius 3 is 2.58 bits per heavy atom. The van der Waals surface area contributed by atoms with E-state index in [0.29, 0.717) is 5.56 Å². The fourth-order valence-corrected chi connectivity index (χ4v) is 3.26. The summed E-state index contributed by atoms with van der Waals surface area (Å²) in [6, 6.07) is 16.1. The second-order valence-electron chi connectivity index (χ2n) is 5.93. The zero-order chi connectivity index (χ0) is 16.8. The van der Waals surface area contributed by atoms with E-state index < -0.39 is 0 Å². The van der Waals surface area contributed by atoms with E-state index in [-0.39, 0.29) is 5.91 Å². The number of rotatable bonds is 2. The highest BCUT2D eigenvalue weighted by Crippen LogP contribution is 2.32. The molecule has 0 spiro atoms. The van der Waals surface area contributed by atoms with E-state index >= 15 is 0 Å². The predicted molar refractivity (Wildman–Crippen MR) is 96.0 cm³/mol. The van der Waals surface area contributed by atoms with Crippen LogP contribution in [0.2, 0.25) is 0 Å². The lowest BCUT2D eigenvalue weighted by molar-refractivity contribution is 0.0963. The molecule has 2 aromatic heterocycles. The molecule has 0 radical (unpaired) electrons. The number of para-hydroxylation sites is 1. The van der Waals surface area contributed by atoms with Gasteiger partial charge in [-0.15, -0.1) is 0 Å². The van der Waals surface area contributed by atoms with E-state index in [4.69, 9.17) is 5.10 Å². The van der Waals surface area contributed by atoms with Crippen LogP contribution < -0.4 is 5.32 Å². The SMILES string of the molecule is CNC(=O)c1ccc2c(c1)c(-c1cc3ccccc3n1C)nn2C. The summed E-state index contributed by atoms with van der Waals surface area (Å²) < 4.78 is 4.00. The summed E-state index contributed by atoms with van der Waals surface area (Å²) in [5, 5.41) is 9.53. The Balaban J connectivity index is 2.01. The molecular weight excluding hydrogens is 300 g/mol. The van der Waals surface area contributed by atoms with Crippen LogP contribution in [0.25, 0.3) is 33.2 Å². The van der Waals surface area contributed by atoms with Crippen molar-refractivity contribution in [2.45, 2.75) is 0 Å². The molecule has 2 heterocycles. The van der Waals surface area contributed by atoms with Gasteiger partial charge in [-0.05, 0) is 30.3 Å². The minimum atomic E-state index is -0.0938. The van der Waals surface area contributed by atoms with Crippen LogP contribution in [0.4, 0.5) is 0 Å². The first-order valence-electron chi connectivity index (χ1n) is 7.84. The summed E-state index contributed by atoms with van der Waals surface area (Å²) in [7, 11) is 5.61. The van der Waals surface area contributed by atoms with Gasteiger partial charge in [0.15, 0.2) is 0 Å². The van der Waals surface area contributed by atoms with E-state index in [9.17, 15) is 4.79 Å². The Kier molecular flexibility index (Phi) is 3.16. The van der Waals surface area contributed by atoms with Crippen molar-refractivity contribution >= 4 is 27.7 Å². The zero-order valence-corrected chi connectivity index (χ0v) is 13.9. The first-order valence-corrected chi connectivity index (χ1v) is 7.84. The number of fused-ring (bicyclic) bond motifs is 2. The van der Waals surface area contributed by atoms with E-state index in [0.717, 1.165) is 27.8 Å². The number of carbonyl (C=O) groups excluding carboxylic acids is 1. The van der Waals surface area contributed by atoms with Crippen molar-refractivity contribution in [1.82, 2.24) is 19.7 Å².